The van der Waals surface area contributed by atoms with Crippen molar-refractivity contribution in [3.05, 3.63) is 28.2 Å². The molecule has 5 nitrogen and oxygen atoms in total. The first kappa shape index (κ1) is 21.9. The summed E-state index contributed by atoms with van der Waals surface area (Å²) >= 11 is 11.9. The molecule has 0 saturated carbocycles. The van der Waals surface area contributed by atoms with Gasteiger partial charge in [-0.05, 0) is 65.5 Å². The number of amides is 2. The third kappa shape index (κ3) is 9.19. The van der Waals surface area contributed by atoms with Gasteiger partial charge >= 0.3 is 6.03 Å². The first-order chi connectivity index (χ1) is 11.8. The molecule has 0 aliphatic rings. The molecule has 0 aliphatic carbocycles. The Hall–Kier alpha value is -1.17. The molecule has 0 heterocycles. The molecular weight excluding hydrogens is 361 g/mol. The standard InChI is InChI=1S/C18H29Cl2N3O2/c1-14(2)23(18(24)21-7-5-8-22(3)4)9-6-10-25-17-12-15(19)11-16(20)13-17/h11-14H,5-10H2,1-4H3,(H,21,24). The second-order valence-corrected chi connectivity index (χ2v) is 7.36. The number of hydrogen-bond donors (Lipinski definition) is 1. The third-order valence-electron chi connectivity index (χ3n) is 3.59. The lowest BCUT2D eigenvalue weighted by Crippen LogP contribution is -2.45. The number of halogens is 2. The predicted octanol–water partition coefficient (Wildman–Crippen LogP) is 4.13. The molecule has 142 valence electrons. The largest absolute Gasteiger partial charge is 0.493 e. The number of nitrogens with zero attached hydrogens (tertiary/aromatic N) is 2. The molecule has 1 aromatic rings. The van der Waals surface area contributed by atoms with Crippen LogP contribution in [0.15, 0.2) is 18.2 Å². The van der Waals surface area contributed by atoms with Crippen molar-refractivity contribution in [3.8, 4) is 5.75 Å². The highest BCUT2D eigenvalue weighted by molar-refractivity contribution is 6.34. The normalized spacial score (nSPS) is 11.0. The second-order valence-electron chi connectivity index (χ2n) is 6.48. The van der Waals surface area contributed by atoms with Gasteiger partial charge in [0.05, 0.1) is 6.61 Å². The highest BCUT2D eigenvalue weighted by atomic mass is 35.5. The number of nitrogens with one attached hydrogen (secondary N) is 1. The molecule has 25 heavy (non-hydrogen) atoms. The van der Waals surface area contributed by atoms with Crippen LogP contribution >= 0.6 is 23.2 Å². The molecule has 0 aromatic heterocycles. The number of ether oxygens (including phenoxy) is 1. The van der Waals surface area contributed by atoms with Gasteiger partial charge in [0.1, 0.15) is 5.75 Å². The van der Waals surface area contributed by atoms with E-state index in [0.717, 1.165) is 19.4 Å². The monoisotopic (exact) mass is 389 g/mol. The highest BCUT2D eigenvalue weighted by Crippen LogP contribution is 2.24. The Kier molecular flexibility index (Phi) is 10.0. The lowest BCUT2D eigenvalue weighted by Gasteiger charge is -2.27. The fraction of sp³-hybridized carbons (Fsp3) is 0.611. The summed E-state index contributed by atoms with van der Waals surface area (Å²) in [7, 11) is 4.05. The second kappa shape index (κ2) is 11.4. The van der Waals surface area contributed by atoms with Gasteiger partial charge in [0, 0.05) is 29.2 Å². The third-order valence-corrected chi connectivity index (χ3v) is 4.03. The van der Waals surface area contributed by atoms with Gasteiger partial charge in [0.25, 0.3) is 0 Å². The molecular formula is C18H29Cl2N3O2. The van der Waals surface area contributed by atoms with Crippen LogP contribution in [-0.2, 0) is 0 Å². The lowest BCUT2D eigenvalue weighted by molar-refractivity contribution is 0.176. The number of carbonyl (C=O) groups excluding carboxylic acids is 1. The number of benzene rings is 1. The van der Waals surface area contributed by atoms with E-state index in [2.05, 4.69) is 10.2 Å². The Morgan fingerprint density at radius 3 is 2.32 bits per heavy atom. The Balaban J connectivity index is 2.35. The molecule has 0 saturated heterocycles. The van der Waals surface area contributed by atoms with Crippen molar-refractivity contribution in [2.75, 3.05) is 40.3 Å². The highest BCUT2D eigenvalue weighted by Gasteiger charge is 2.16. The van der Waals surface area contributed by atoms with Gasteiger partial charge in [-0.2, -0.15) is 0 Å². The Labute approximate surface area is 161 Å². The van der Waals surface area contributed by atoms with E-state index in [1.54, 1.807) is 18.2 Å². The maximum absolute atomic E-state index is 12.3. The molecule has 1 rings (SSSR count). The molecule has 0 unspecified atom stereocenters. The minimum absolute atomic E-state index is 0.0282. The molecule has 1 aromatic carbocycles. The number of hydrogen-bond acceptors (Lipinski definition) is 3. The van der Waals surface area contributed by atoms with E-state index in [-0.39, 0.29) is 12.1 Å². The minimum Gasteiger partial charge on any atom is -0.493 e. The summed E-state index contributed by atoms with van der Waals surface area (Å²) in [6.45, 7) is 6.78. The van der Waals surface area contributed by atoms with Crippen molar-refractivity contribution in [3.63, 3.8) is 0 Å². The van der Waals surface area contributed by atoms with Crippen LogP contribution in [0.2, 0.25) is 10.0 Å². The summed E-state index contributed by atoms with van der Waals surface area (Å²) < 4.78 is 5.67. The van der Waals surface area contributed by atoms with Crippen LogP contribution in [0.1, 0.15) is 26.7 Å². The van der Waals surface area contributed by atoms with Gasteiger partial charge in [0.2, 0.25) is 0 Å². The van der Waals surface area contributed by atoms with Gasteiger partial charge in [-0.3, -0.25) is 0 Å². The van der Waals surface area contributed by atoms with Crippen molar-refractivity contribution in [2.45, 2.75) is 32.7 Å². The molecule has 0 aliphatic heterocycles. The van der Waals surface area contributed by atoms with E-state index in [1.807, 2.05) is 32.8 Å². The van der Waals surface area contributed by atoms with Gasteiger partial charge in [-0.15, -0.1) is 0 Å². The van der Waals surface area contributed by atoms with E-state index >= 15 is 0 Å². The molecule has 0 radical (unpaired) electrons. The smallest absolute Gasteiger partial charge is 0.317 e. The topological polar surface area (TPSA) is 44.8 Å². The first-order valence-electron chi connectivity index (χ1n) is 8.57. The van der Waals surface area contributed by atoms with Crippen LogP contribution in [0.3, 0.4) is 0 Å². The quantitative estimate of drug-likeness (QED) is 0.611. The Bertz CT molecular complexity index is 519. The minimum atomic E-state index is -0.0282. The van der Waals surface area contributed by atoms with Crippen molar-refractivity contribution in [1.29, 1.82) is 0 Å². The Morgan fingerprint density at radius 2 is 1.76 bits per heavy atom. The Morgan fingerprint density at radius 1 is 1.12 bits per heavy atom. The van der Waals surface area contributed by atoms with Crippen molar-refractivity contribution in [2.24, 2.45) is 0 Å². The van der Waals surface area contributed by atoms with Crippen molar-refractivity contribution < 1.29 is 9.53 Å². The summed E-state index contributed by atoms with van der Waals surface area (Å²) in [4.78, 5) is 16.2. The predicted molar refractivity (Wildman–Crippen MR) is 105 cm³/mol. The number of rotatable bonds is 10. The fourth-order valence-corrected chi connectivity index (χ4v) is 2.83. The van der Waals surface area contributed by atoms with Crippen LogP contribution in [0.4, 0.5) is 4.79 Å². The number of urea groups is 1. The van der Waals surface area contributed by atoms with Gasteiger partial charge in [-0.1, -0.05) is 23.2 Å². The fourth-order valence-electron chi connectivity index (χ4n) is 2.32. The van der Waals surface area contributed by atoms with E-state index in [0.29, 0.717) is 35.5 Å². The van der Waals surface area contributed by atoms with Crippen molar-refractivity contribution >= 4 is 29.2 Å². The average Bonchev–Trinajstić information content (AvgIpc) is 2.49. The van der Waals surface area contributed by atoms with Gasteiger partial charge < -0.3 is 19.9 Å². The van der Waals surface area contributed by atoms with Crippen LogP contribution < -0.4 is 10.1 Å². The first-order valence-corrected chi connectivity index (χ1v) is 9.33. The summed E-state index contributed by atoms with van der Waals surface area (Å²) in [6, 6.07) is 5.22. The zero-order valence-electron chi connectivity index (χ0n) is 15.5. The maximum atomic E-state index is 12.3. The molecule has 7 heteroatoms. The van der Waals surface area contributed by atoms with Crippen molar-refractivity contribution in [1.82, 2.24) is 15.1 Å². The molecule has 0 spiro atoms. The summed E-state index contributed by atoms with van der Waals surface area (Å²) in [5.41, 5.74) is 0. The number of carbonyl (C=O) groups is 1. The van der Waals surface area contributed by atoms with Crippen LogP contribution in [0.25, 0.3) is 0 Å². The average molecular weight is 390 g/mol. The van der Waals surface area contributed by atoms with E-state index < -0.39 is 0 Å². The summed E-state index contributed by atoms with van der Waals surface area (Å²) in [5.74, 6) is 0.640. The van der Waals surface area contributed by atoms with Crippen LogP contribution in [-0.4, -0.2) is 62.2 Å². The lowest BCUT2D eigenvalue weighted by atomic mass is 10.3. The van der Waals surface area contributed by atoms with Crippen LogP contribution in [0.5, 0.6) is 5.75 Å². The molecule has 0 fully saturated rings. The van der Waals surface area contributed by atoms with E-state index in [4.69, 9.17) is 27.9 Å². The van der Waals surface area contributed by atoms with E-state index in [9.17, 15) is 4.79 Å². The molecule has 1 N–H and O–H groups in total. The zero-order valence-corrected chi connectivity index (χ0v) is 17.0. The summed E-state index contributed by atoms with van der Waals surface area (Å²) in [6.07, 6.45) is 1.66. The van der Waals surface area contributed by atoms with Gasteiger partial charge in [0.15, 0.2) is 0 Å². The molecule has 0 bridgehead atoms. The van der Waals surface area contributed by atoms with Crippen LogP contribution in [0, 0.1) is 0 Å². The van der Waals surface area contributed by atoms with E-state index in [1.165, 1.54) is 0 Å². The van der Waals surface area contributed by atoms with Gasteiger partial charge in [-0.25, -0.2) is 4.79 Å². The SMILES string of the molecule is CC(C)N(CCCOc1cc(Cl)cc(Cl)c1)C(=O)NCCCN(C)C. The molecule has 0 atom stereocenters. The maximum Gasteiger partial charge on any atom is 0.317 e. The molecule has 2 amide bonds. The zero-order chi connectivity index (χ0) is 18.8. The summed E-state index contributed by atoms with van der Waals surface area (Å²) in [5, 5.41) is 4.07.